The van der Waals surface area contributed by atoms with Gasteiger partial charge < -0.3 is 4.74 Å². The summed E-state index contributed by atoms with van der Waals surface area (Å²) in [5, 5.41) is 0. The van der Waals surface area contributed by atoms with E-state index in [1.807, 2.05) is 13.8 Å². The highest BCUT2D eigenvalue weighted by Crippen LogP contribution is 2.40. The van der Waals surface area contributed by atoms with Gasteiger partial charge in [0.15, 0.2) is 0 Å². The molecule has 1 aromatic rings. The van der Waals surface area contributed by atoms with Crippen molar-refractivity contribution in [2.24, 2.45) is 0 Å². The van der Waals surface area contributed by atoms with Gasteiger partial charge in [-0.1, -0.05) is 13.8 Å². The summed E-state index contributed by atoms with van der Waals surface area (Å²) < 4.78 is 19.3. The Labute approximate surface area is 90.3 Å². The minimum absolute atomic E-state index is 0.154. The quantitative estimate of drug-likeness (QED) is 0.684. The van der Waals surface area contributed by atoms with E-state index < -0.39 is 0 Å². The lowest BCUT2D eigenvalue weighted by molar-refractivity contribution is 0.137. The second kappa shape index (κ2) is 3.22. The lowest BCUT2D eigenvalue weighted by Crippen LogP contribution is -2.24. The Morgan fingerprint density at radius 2 is 2.00 bits per heavy atom. The summed E-state index contributed by atoms with van der Waals surface area (Å²) in [7, 11) is 0. The number of hydrogen-bond donors (Lipinski definition) is 0. The molecule has 2 rings (SSSR count). The smallest absolute Gasteiger partial charge is 0.127 e. The fraction of sp³-hybridized carbons (Fsp3) is 0.538. The monoisotopic (exact) mass is 208 g/mol. The van der Waals surface area contributed by atoms with Gasteiger partial charge in [-0.3, -0.25) is 0 Å². The van der Waals surface area contributed by atoms with Crippen molar-refractivity contribution >= 4 is 0 Å². The predicted molar refractivity (Wildman–Crippen MR) is 58.9 cm³/mol. The van der Waals surface area contributed by atoms with Gasteiger partial charge in [-0.2, -0.15) is 0 Å². The maximum Gasteiger partial charge on any atom is 0.127 e. The van der Waals surface area contributed by atoms with Crippen molar-refractivity contribution in [1.29, 1.82) is 0 Å². The van der Waals surface area contributed by atoms with Crippen molar-refractivity contribution in [3.8, 4) is 5.75 Å². The molecule has 0 unspecified atom stereocenters. The molecule has 0 bridgehead atoms. The molecule has 0 spiro atoms. The van der Waals surface area contributed by atoms with Crippen molar-refractivity contribution in [2.45, 2.75) is 45.6 Å². The lowest BCUT2D eigenvalue weighted by atomic mass is 9.96. The number of ether oxygens (including phenoxy) is 1. The zero-order valence-electron chi connectivity index (χ0n) is 9.73. The van der Waals surface area contributed by atoms with Gasteiger partial charge in [-0.15, -0.1) is 0 Å². The standard InChI is InChI=1S/C13H17FO/c1-8(2)11-6-10(14)5-9-7-13(3,4)15-12(9)11/h5-6,8H,7H2,1-4H3. The van der Waals surface area contributed by atoms with Crippen LogP contribution in [0.3, 0.4) is 0 Å². The molecule has 1 aromatic carbocycles. The van der Waals surface area contributed by atoms with Crippen LogP contribution >= 0.6 is 0 Å². The molecule has 1 nitrogen and oxygen atoms in total. The average molecular weight is 208 g/mol. The predicted octanol–water partition coefficient (Wildman–Crippen LogP) is 3.66. The van der Waals surface area contributed by atoms with Crippen LogP contribution in [0.2, 0.25) is 0 Å². The molecule has 0 amide bonds. The molecule has 15 heavy (non-hydrogen) atoms. The Hall–Kier alpha value is -1.05. The molecule has 82 valence electrons. The van der Waals surface area contributed by atoms with E-state index >= 15 is 0 Å². The summed E-state index contributed by atoms with van der Waals surface area (Å²) in [4.78, 5) is 0. The van der Waals surface area contributed by atoms with Gasteiger partial charge >= 0.3 is 0 Å². The molecule has 0 aromatic heterocycles. The first-order valence-electron chi connectivity index (χ1n) is 5.40. The topological polar surface area (TPSA) is 9.23 Å². The Kier molecular flexibility index (Phi) is 2.25. The van der Waals surface area contributed by atoms with Crippen molar-refractivity contribution < 1.29 is 9.13 Å². The molecule has 1 aliphatic rings. The van der Waals surface area contributed by atoms with E-state index in [0.29, 0.717) is 5.92 Å². The van der Waals surface area contributed by atoms with E-state index in [9.17, 15) is 4.39 Å². The highest BCUT2D eigenvalue weighted by atomic mass is 19.1. The summed E-state index contributed by atoms with van der Waals surface area (Å²) in [6.45, 7) is 8.19. The first-order chi connectivity index (χ1) is 6.89. The SMILES string of the molecule is CC(C)c1cc(F)cc2c1OC(C)(C)C2. The van der Waals surface area contributed by atoms with Crippen molar-refractivity contribution in [3.05, 3.63) is 29.1 Å². The normalized spacial score (nSPS) is 17.7. The van der Waals surface area contributed by atoms with Crippen LogP contribution in [-0.4, -0.2) is 5.60 Å². The first kappa shape index (κ1) is 10.5. The van der Waals surface area contributed by atoms with Crippen LogP contribution in [-0.2, 0) is 6.42 Å². The molecule has 2 heteroatoms. The van der Waals surface area contributed by atoms with Gasteiger partial charge in [-0.05, 0) is 37.5 Å². The summed E-state index contributed by atoms with van der Waals surface area (Å²) >= 11 is 0. The van der Waals surface area contributed by atoms with Crippen molar-refractivity contribution in [3.63, 3.8) is 0 Å². The molecule has 0 saturated carbocycles. The largest absolute Gasteiger partial charge is 0.487 e. The second-order valence-corrected chi connectivity index (χ2v) is 5.18. The highest BCUT2D eigenvalue weighted by molar-refractivity contribution is 5.47. The van der Waals surface area contributed by atoms with Crippen LogP contribution in [0, 0.1) is 5.82 Å². The molecular weight excluding hydrogens is 191 g/mol. The van der Waals surface area contributed by atoms with Crippen LogP contribution in [0.5, 0.6) is 5.75 Å². The van der Waals surface area contributed by atoms with Crippen molar-refractivity contribution in [1.82, 2.24) is 0 Å². The Morgan fingerprint density at radius 3 is 2.60 bits per heavy atom. The van der Waals surface area contributed by atoms with Crippen molar-refractivity contribution in [2.75, 3.05) is 0 Å². The van der Waals surface area contributed by atoms with E-state index in [-0.39, 0.29) is 11.4 Å². The molecule has 0 saturated heterocycles. The molecule has 0 N–H and O–H groups in total. The summed E-state index contributed by atoms with van der Waals surface area (Å²) in [5.41, 5.74) is 1.79. The molecule has 0 aliphatic carbocycles. The average Bonchev–Trinajstić information content (AvgIpc) is 2.36. The van der Waals surface area contributed by atoms with Gasteiger partial charge in [0.05, 0.1) is 0 Å². The fourth-order valence-corrected chi connectivity index (χ4v) is 2.13. The highest BCUT2D eigenvalue weighted by Gasteiger charge is 2.32. The van der Waals surface area contributed by atoms with Gasteiger partial charge in [0.2, 0.25) is 0 Å². The van der Waals surface area contributed by atoms with Gasteiger partial charge in [0.25, 0.3) is 0 Å². The first-order valence-corrected chi connectivity index (χ1v) is 5.40. The van der Waals surface area contributed by atoms with E-state index in [2.05, 4.69) is 13.8 Å². The lowest BCUT2D eigenvalue weighted by Gasteiger charge is -2.19. The molecule has 1 aliphatic heterocycles. The second-order valence-electron chi connectivity index (χ2n) is 5.18. The minimum atomic E-state index is -0.195. The number of benzene rings is 1. The van der Waals surface area contributed by atoms with E-state index in [1.165, 1.54) is 0 Å². The zero-order valence-corrected chi connectivity index (χ0v) is 9.73. The number of rotatable bonds is 1. The van der Waals surface area contributed by atoms with E-state index in [1.54, 1.807) is 12.1 Å². The van der Waals surface area contributed by atoms with Gasteiger partial charge in [0, 0.05) is 12.0 Å². The van der Waals surface area contributed by atoms with Crippen LogP contribution in [0.15, 0.2) is 12.1 Å². The molecule has 1 heterocycles. The zero-order chi connectivity index (χ0) is 11.2. The molecule has 0 atom stereocenters. The van der Waals surface area contributed by atoms with Gasteiger partial charge in [0.1, 0.15) is 17.2 Å². The summed E-state index contributed by atoms with van der Waals surface area (Å²) in [6, 6.07) is 3.18. The summed E-state index contributed by atoms with van der Waals surface area (Å²) in [6.07, 6.45) is 0.791. The van der Waals surface area contributed by atoms with Crippen LogP contribution in [0.25, 0.3) is 0 Å². The number of fused-ring (bicyclic) bond motifs is 1. The molecular formula is C13H17FO. The van der Waals surface area contributed by atoms with Crippen LogP contribution in [0.1, 0.15) is 44.7 Å². The Bertz CT molecular complexity index is 394. The third-order valence-corrected chi connectivity index (χ3v) is 2.78. The van der Waals surface area contributed by atoms with E-state index in [4.69, 9.17) is 4.74 Å². The maximum absolute atomic E-state index is 13.4. The molecule has 0 radical (unpaired) electrons. The summed E-state index contributed by atoms with van der Waals surface area (Å²) in [5.74, 6) is 1.04. The Morgan fingerprint density at radius 1 is 1.33 bits per heavy atom. The maximum atomic E-state index is 13.4. The Balaban J connectivity index is 2.53. The number of hydrogen-bond acceptors (Lipinski definition) is 1. The van der Waals surface area contributed by atoms with Gasteiger partial charge in [-0.25, -0.2) is 4.39 Å². The van der Waals surface area contributed by atoms with E-state index in [0.717, 1.165) is 23.3 Å². The van der Waals surface area contributed by atoms with Crippen LogP contribution in [0.4, 0.5) is 4.39 Å². The van der Waals surface area contributed by atoms with Crippen LogP contribution < -0.4 is 4.74 Å². The third kappa shape index (κ3) is 1.85. The number of halogens is 1. The minimum Gasteiger partial charge on any atom is -0.487 e. The third-order valence-electron chi connectivity index (χ3n) is 2.78. The fourth-order valence-electron chi connectivity index (χ4n) is 2.13. The molecule has 0 fully saturated rings.